The van der Waals surface area contributed by atoms with Crippen LogP contribution in [0.3, 0.4) is 0 Å². The van der Waals surface area contributed by atoms with Gasteiger partial charge in [0.1, 0.15) is 5.75 Å². The van der Waals surface area contributed by atoms with Crippen LogP contribution in [0.4, 0.5) is 0 Å². The molecule has 3 heteroatoms. The molecule has 0 aromatic heterocycles. The first kappa shape index (κ1) is 14.6. The molecule has 0 heterocycles. The van der Waals surface area contributed by atoms with E-state index in [1.54, 1.807) is 12.1 Å². The normalized spacial score (nSPS) is 17.5. The topological polar surface area (TPSA) is 32.3 Å². The summed E-state index contributed by atoms with van der Waals surface area (Å²) in [6, 6.07) is 14.7. The molecular formula is C18H20BrNO. The van der Waals surface area contributed by atoms with Crippen molar-refractivity contribution in [2.75, 3.05) is 6.54 Å². The standard InChI is InChI=1S/C18H20BrNO/c19-16-5-3-15-12-17(6-4-14(15)11-16)20-10-9-13-1-7-18(21)8-2-13/h1-3,5,7-8,11,17,20-21H,4,6,9-10,12H2. The van der Waals surface area contributed by atoms with Crippen molar-refractivity contribution in [3.63, 3.8) is 0 Å². The van der Waals surface area contributed by atoms with Crippen LogP contribution in [0.25, 0.3) is 0 Å². The SMILES string of the molecule is Oc1ccc(CCNC2CCc3cc(Br)ccc3C2)cc1. The van der Waals surface area contributed by atoms with Gasteiger partial charge in [0.15, 0.2) is 0 Å². The monoisotopic (exact) mass is 345 g/mol. The van der Waals surface area contributed by atoms with E-state index in [1.165, 1.54) is 27.6 Å². The maximum absolute atomic E-state index is 9.28. The number of hydrogen-bond acceptors (Lipinski definition) is 2. The van der Waals surface area contributed by atoms with Gasteiger partial charge in [-0.15, -0.1) is 0 Å². The lowest BCUT2D eigenvalue weighted by molar-refractivity contribution is 0.461. The van der Waals surface area contributed by atoms with Crippen molar-refractivity contribution < 1.29 is 5.11 Å². The molecule has 1 atom stereocenters. The second-order valence-corrected chi connectivity index (χ2v) is 6.64. The predicted molar refractivity (Wildman–Crippen MR) is 89.8 cm³/mol. The molecule has 0 fully saturated rings. The van der Waals surface area contributed by atoms with E-state index < -0.39 is 0 Å². The minimum Gasteiger partial charge on any atom is -0.508 e. The molecule has 0 saturated carbocycles. The molecule has 2 aromatic rings. The number of hydrogen-bond donors (Lipinski definition) is 2. The third-order valence-corrected chi connectivity index (χ3v) is 4.67. The molecule has 0 saturated heterocycles. The fourth-order valence-corrected chi connectivity index (χ4v) is 3.39. The molecule has 0 radical (unpaired) electrons. The van der Waals surface area contributed by atoms with Crippen molar-refractivity contribution in [1.29, 1.82) is 0 Å². The van der Waals surface area contributed by atoms with Gasteiger partial charge in [-0.2, -0.15) is 0 Å². The number of rotatable bonds is 4. The highest BCUT2D eigenvalue weighted by Gasteiger charge is 2.17. The van der Waals surface area contributed by atoms with Crippen LogP contribution >= 0.6 is 15.9 Å². The van der Waals surface area contributed by atoms with Gasteiger partial charge in [-0.1, -0.05) is 34.1 Å². The number of aryl methyl sites for hydroxylation is 1. The lowest BCUT2D eigenvalue weighted by Gasteiger charge is -2.26. The van der Waals surface area contributed by atoms with Crippen LogP contribution in [0.15, 0.2) is 46.9 Å². The Morgan fingerprint density at radius 1 is 1.10 bits per heavy atom. The summed E-state index contributed by atoms with van der Waals surface area (Å²) in [6.07, 6.45) is 4.49. The zero-order chi connectivity index (χ0) is 14.7. The van der Waals surface area contributed by atoms with Gasteiger partial charge < -0.3 is 10.4 Å². The number of aromatic hydroxyl groups is 1. The van der Waals surface area contributed by atoms with E-state index in [0.29, 0.717) is 11.8 Å². The zero-order valence-electron chi connectivity index (χ0n) is 12.0. The highest BCUT2D eigenvalue weighted by molar-refractivity contribution is 9.10. The number of halogens is 1. The van der Waals surface area contributed by atoms with Crippen LogP contribution in [-0.4, -0.2) is 17.7 Å². The van der Waals surface area contributed by atoms with Crippen LogP contribution in [0.5, 0.6) is 5.75 Å². The van der Waals surface area contributed by atoms with Gasteiger partial charge in [0.2, 0.25) is 0 Å². The number of benzene rings is 2. The summed E-state index contributed by atoms with van der Waals surface area (Å²) in [5.41, 5.74) is 4.23. The summed E-state index contributed by atoms with van der Waals surface area (Å²) >= 11 is 3.54. The van der Waals surface area contributed by atoms with Crippen LogP contribution in [0, 0.1) is 0 Å². The molecule has 21 heavy (non-hydrogen) atoms. The Hall–Kier alpha value is -1.32. The van der Waals surface area contributed by atoms with Crippen molar-refractivity contribution in [2.24, 2.45) is 0 Å². The van der Waals surface area contributed by atoms with Gasteiger partial charge in [-0.05, 0) is 73.2 Å². The highest BCUT2D eigenvalue weighted by Crippen LogP contribution is 2.24. The molecule has 2 nitrogen and oxygen atoms in total. The van der Waals surface area contributed by atoms with Crippen LogP contribution in [0.2, 0.25) is 0 Å². The number of fused-ring (bicyclic) bond motifs is 1. The fourth-order valence-electron chi connectivity index (χ4n) is 2.98. The van der Waals surface area contributed by atoms with Crippen molar-refractivity contribution in [1.82, 2.24) is 5.32 Å². The van der Waals surface area contributed by atoms with Gasteiger partial charge in [0.05, 0.1) is 0 Å². The van der Waals surface area contributed by atoms with Gasteiger partial charge in [0.25, 0.3) is 0 Å². The summed E-state index contributed by atoms with van der Waals surface area (Å²) in [5.74, 6) is 0.335. The summed E-state index contributed by atoms with van der Waals surface area (Å²) in [7, 11) is 0. The minimum absolute atomic E-state index is 0.335. The first-order valence-electron chi connectivity index (χ1n) is 7.49. The van der Waals surface area contributed by atoms with Gasteiger partial charge in [0, 0.05) is 10.5 Å². The molecule has 0 amide bonds. The van der Waals surface area contributed by atoms with Crippen molar-refractivity contribution >= 4 is 15.9 Å². The summed E-state index contributed by atoms with van der Waals surface area (Å²) in [4.78, 5) is 0. The van der Waals surface area contributed by atoms with E-state index in [2.05, 4.69) is 39.4 Å². The Kier molecular flexibility index (Phi) is 4.61. The Balaban J connectivity index is 1.51. The van der Waals surface area contributed by atoms with Gasteiger partial charge >= 0.3 is 0 Å². The Morgan fingerprint density at radius 3 is 2.71 bits per heavy atom. The number of phenols is 1. The molecule has 2 aromatic carbocycles. The second-order valence-electron chi connectivity index (χ2n) is 5.72. The predicted octanol–water partition coefficient (Wildman–Crippen LogP) is 3.84. The van der Waals surface area contributed by atoms with E-state index in [1.807, 2.05) is 12.1 Å². The molecule has 0 aliphatic heterocycles. The molecule has 1 unspecified atom stereocenters. The summed E-state index contributed by atoms with van der Waals surface area (Å²) in [5, 5.41) is 12.9. The molecule has 0 spiro atoms. The van der Waals surface area contributed by atoms with Crippen LogP contribution < -0.4 is 5.32 Å². The Morgan fingerprint density at radius 2 is 1.90 bits per heavy atom. The Bertz CT molecular complexity index is 609. The lowest BCUT2D eigenvalue weighted by atomic mass is 9.88. The van der Waals surface area contributed by atoms with E-state index >= 15 is 0 Å². The smallest absolute Gasteiger partial charge is 0.115 e. The average Bonchev–Trinajstić information content (AvgIpc) is 2.49. The highest BCUT2D eigenvalue weighted by atomic mass is 79.9. The Labute approximate surface area is 134 Å². The molecule has 0 bridgehead atoms. The third kappa shape index (κ3) is 3.86. The molecular weight excluding hydrogens is 326 g/mol. The van der Waals surface area contributed by atoms with E-state index in [9.17, 15) is 5.11 Å². The van der Waals surface area contributed by atoms with Gasteiger partial charge in [-0.3, -0.25) is 0 Å². The first-order valence-corrected chi connectivity index (χ1v) is 8.28. The molecule has 110 valence electrons. The minimum atomic E-state index is 0.335. The van der Waals surface area contributed by atoms with Crippen molar-refractivity contribution in [3.05, 3.63) is 63.6 Å². The largest absolute Gasteiger partial charge is 0.508 e. The van der Waals surface area contributed by atoms with Crippen LogP contribution in [-0.2, 0) is 19.3 Å². The quantitative estimate of drug-likeness (QED) is 0.882. The molecule has 3 rings (SSSR count). The maximum Gasteiger partial charge on any atom is 0.115 e. The van der Waals surface area contributed by atoms with Crippen molar-refractivity contribution in [3.8, 4) is 5.75 Å². The van der Waals surface area contributed by atoms with Crippen LogP contribution in [0.1, 0.15) is 23.1 Å². The molecule has 1 aliphatic carbocycles. The van der Waals surface area contributed by atoms with E-state index in [0.717, 1.165) is 25.8 Å². The average molecular weight is 346 g/mol. The molecule has 1 aliphatic rings. The second kappa shape index (κ2) is 6.63. The van der Waals surface area contributed by atoms with E-state index in [4.69, 9.17) is 0 Å². The van der Waals surface area contributed by atoms with E-state index in [-0.39, 0.29) is 0 Å². The zero-order valence-corrected chi connectivity index (χ0v) is 13.6. The summed E-state index contributed by atoms with van der Waals surface area (Å²) < 4.78 is 1.18. The number of phenolic OH excluding ortho intramolecular Hbond substituents is 1. The fraction of sp³-hybridized carbons (Fsp3) is 0.333. The lowest BCUT2D eigenvalue weighted by Crippen LogP contribution is -2.35. The number of nitrogens with one attached hydrogen (secondary N) is 1. The van der Waals surface area contributed by atoms with Gasteiger partial charge in [-0.25, -0.2) is 0 Å². The third-order valence-electron chi connectivity index (χ3n) is 4.18. The summed E-state index contributed by atoms with van der Waals surface area (Å²) in [6.45, 7) is 0.987. The van der Waals surface area contributed by atoms with Crippen molar-refractivity contribution in [2.45, 2.75) is 31.7 Å². The molecule has 2 N–H and O–H groups in total. The maximum atomic E-state index is 9.28. The first-order chi connectivity index (χ1) is 10.2.